The number of nitrogens with one attached hydrogen (secondary N) is 1. The van der Waals surface area contributed by atoms with E-state index in [0.29, 0.717) is 6.54 Å². The minimum atomic E-state index is -0.401. The number of carbonyl (C=O) groups is 1. The molecule has 0 aromatic carbocycles. The van der Waals surface area contributed by atoms with E-state index in [9.17, 15) is 4.79 Å². The Hall–Kier alpha value is -0.570. The van der Waals surface area contributed by atoms with Crippen LogP contribution in [0.25, 0.3) is 0 Å². The first-order valence-electron chi connectivity index (χ1n) is 7.57. The van der Waals surface area contributed by atoms with Crippen molar-refractivity contribution in [1.29, 1.82) is 0 Å². The van der Waals surface area contributed by atoms with E-state index < -0.39 is 5.41 Å². The summed E-state index contributed by atoms with van der Waals surface area (Å²) in [5.74, 6) is 0.115. The van der Waals surface area contributed by atoms with Crippen molar-refractivity contribution in [3.8, 4) is 0 Å². The maximum atomic E-state index is 12.6. The van der Waals surface area contributed by atoms with Gasteiger partial charge >= 0.3 is 0 Å². The van der Waals surface area contributed by atoms with E-state index >= 15 is 0 Å². The van der Waals surface area contributed by atoms with Gasteiger partial charge in [-0.25, -0.2) is 0 Å². The minimum Gasteiger partial charge on any atom is -0.368 e. The second-order valence-electron chi connectivity index (χ2n) is 9.01. The zero-order valence-electron chi connectivity index (χ0n) is 15.0. The highest BCUT2D eigenvalue weighted by Crippen LogP contribution is 2.56. The van der Waals surface area contributed by atoms with Crippen molar-refractivity contribution in [2.75, 3.05) is 6.54 Å². The predicted molar refractivity (Wildman–Crippen MR) is 83.6 cm³/mol. The van der Waals surface area contributed by atoms with Gasteiger partial charge in [0.15, 0.2) is 0 Å². The van der Waals surface area contributed by atoms with E-state index in [-0.39, 0.29) is 27.9 Å². The van der Waals surface area contributed by atoms with Gasteiger partial charge in [-0.15, -0.1) is 0 Å². The fraction of sp³-hybridized carbons (Fsp3) is 0.941. The van der Waals surface area contributed by atoms with Crippen molar-refractivity contribution in [1.82, 2.24) is 5.32 Å². The Labute approximate surface area is 124 Å². The van der Waals surface area contributed by atoms with Gasteiger partial charge in [0.2, 0.25) is 5.91 Å². The molecule has 0 aromatic heterocycles. The van der Waals surface area contributed by atoms with Crippen LogP contribution in [0.5, 0.6) is 0 Å². The molecule has 3 nitrogen and oxygen atoms in total. The summed E-state index contributed by atoms with van der Waals surface area (Å²) < 4.78 is 5.96. The SMILES string of the molecule is CC(C)(C)C(C)(C)C(=O)NCC1(C)C(C)(C)OC1(C)C. The van der Waals surface area contributed by atoms with Crippen LogP contribution in [-0.2, 0) is 9.53 Å². The predicted octanol–water partition coefficient (Wildman–Crippen LogP) is 3.77. The van der Waals surface area contributed by atoms with Crippen LogP contribution in [0, 0.1) is 16.2 Å². The minimum absolute atomic E-state index is 0.0658. The topological polar surface area (TPSA) is 38.3 Å². The Morgan fingerprint density at radius 2 is 1.35 bits per heavy atom. The highest BCUT2D eigenvalue weighted by atomic mass is 16.6. The van der Waals surface area contributed by atoms with Crippen molar-refractivity contribution < 1.29 is 9.53 Å². The molecule has 1 saturated heterocycles. The molecule has 118 valence electrons. The molecule has 0 bridgehead atoms. The van der Waals surface area contributed by atoms with Crippen molar-refractivity contribution in [2.24, 2.45) is 16.2 Å². The molecule has 0 radical (unpaired) electrons. The van der Waals surface area contributed by atoms with Gasteiger partial charge < -0.3 is 10.1 Å². The Kier molecular flexibility index (Phi) is 3.90. The van der Waals surface area contributed by atoms with Crippen LogP contribution in [0.3, 0.4) is 0 Å². The lowest BCUT2D eigenvalue weighted by atomic mass is 9.58. The van der Waals surface area contributed by atoms with Crippen LogP contribution in [0.1, 0.15) is 69.2 Å². The molecule has 1 aliphatic heterocycles. The summed E-state index contributed by atoms with van der Waals surface area (Å²) >= 11 is 0. The quantitative estimate of drug-likeness (QED) is 0.856. The van der Waals surface area contributed by atoms with Crippen LogP contribution in [0.2, 0.25) is 0 Å². The van der Waals surface area contributed by atoms with Gasteiger partial charge in [-0.3, -0.25) is 4.79 Å². The molecule has 0 spiro atoms. The zero-order valence-corrected chi connectivity index (χ0v) is 15.0. The molecular formula is C17H33NO2. The number of hydrogen-bond acceptors (Lipinski definition) is 2. The molecule has 0 saturated carbocycles. The van der Waals surface area contributed by atoms with E-state index in [1.54, 1.807) is 0 Å². The second-order valence-corrected chi connectivity index (χ2v) is 9.01. The molecule has 1 amide bonds. The van der Waals surface area contributed by atoms with E-state index in [1.165, 1.54) is 0 Å². The molecule has 0 aromatic rings. The fourth-order valence-electron chi connectivity index (χ4n) is 2.79. The standard InChI is InChI=1S/C17H33NO2/c1-13(2,3)14(4,5)12(19)18-11-17(10)15(6,7)20-16(17,8)9/h11H2,1-10H3,(H,18,19). The smallest absolute Gasteiger partial charge is 0.226 e. The van der Waals surface area contributed by atoms with Crippen LogP contribution in [-0.4, -0.2) is 23.7 Å². The highest BCUT2D eigenvalue weighted by Gasteiger charge is 2.64. The maximum absolute atomic E-state index is 12.6. The number of rotatable bonds is 3. The number of carbonyl (C=O) groups excluding carboxylic acids is 1. The molecule has 20 heavy (non-hydrogen) atoms. The monoisotopic (exact) mass is 283 g/mol. The first-order chi connectivity index (χ1) is 8.58. The highest BCUT2D eigenvalue weighted by molar-refractivity contribution is 5.82. The summed E-state index contributed by atoms with van der Waals surface area (Å²) in [5.41, 5.74) is -0.962. The lowest BCUT2D eigenvalue weighted by Gasteiger charge is -2.65. The second kappa shape index (κ2) is 4.46. The molecule has 1 aliphatic rings. The Morgan fingerprint density at radius 1 is 0.950 bits per heavy atom. The molecule has 0 unspecified atom stereocenters. The van der Waals surface area contributed by atoms with Gasteiger partial charge in [0.1, 0.15) is 0 Å². The summed E-state index contributed by atoms with van der Waals surface area (Å²) in [6, 6.07) is 0. The Balaban J connectivity index is 2.80. The maximum Gasteiger partial charge on any atom is 0.226 e. The fourth-order valence-corrected chi connectivity index (χ4v) is 2.79. The van der Waals surface area contributed by atoms with E-state index in [2.05, 4.69) is 60.7 Å². The molecule has 1 N–H and O–H groups in total. The molecule has 1 rings (SSSR count). The van der Waals surface area contributed by atoms with Crippen LogP contribution < -0.4 is 5.32 Å². The van der Waals surface area contributed by atoms with Crippen LogP contribution >= 0.6 is 0 Å². The first kappa shape index (κ1) is 17.5. The van der Waals surface area contributed by atoms with Gasteiger partial charge in [-0.1, -0.05) is 41.5 Å². The molecule has 3 heteroatoms. The van der Waals surface area contributed by atoms with Gasteiger partial charge in [0.05, 0.1) is 11.2 Å². The van der Waals surface area contributed by atoms with Crippen LogP contribution in [0.4, 0.5) is 0 Å². The Morgan fingerprint density at radius 3 is 1.65 bits per heavy atom. The lowest BCUT2D eigenvalue weighted by Crippen LogP contribution is -2.73. The molecular weight excluding hydrogens is 250 g/mol. The largest absolute Gasteiger partial charge is 0.368 e. The van der Waals surface area contributed by atoms with Crippen molar-refractivity contribution in [3.05, 3.63) is 0 Å². The van der Waals surface area contributed by atoms with Gasteiger partial charge in [0.25, 0.3) is 0 Å². The molecule has 1 fully saturated rings. The van der Waals surface area contributed by atoms with E-state index in [1.807, 2.05) is 13.8 Å². The summed E-state index contributed by atoms with van der Waals surface area (Å²) in [5, 5.41) is 3.16. The number of hydrogen-bond donors (Lipinski definition) is 1. The third kappa shape index (κ3) is 2.38. The first-order valence-corrected chi connectivity index (χ1v) is 7.57. The van der Waals surface area contributed by atoms with Crippen molar-refractivity contribution in [3.63, 3.8) is 0 Å². The number of amides is 1. The van der Waals surface area contributed by atoms with E-state index in [4.69, 9.17) is 4.74 Å². The normalized spacial score (nSPS) is 23.9. The third-order valence-electron chi connectivity index (χ3n) is 6.21. The van der Waals surface area contributed by atoms with Gasteiger partial charge in [-0.2, -0.15) is 0 Å². The van der Waals surface area contributed by atoms with Gasteiger partial charge in [0, 0.05) is 17.4 Å². The summed E-state index contributed by atoms with van der Waals surface area (Å²) in [7, 11) is 0. The molecule has 0 atom stereocenters. The van der Waals surface area contributed by atoms with Crippen molar-refractivity contribution in [2.45, 2.75) is 80.4 Å². The number of ether oxygens (including phenoxy) is 1. The average Bonchev–Trinajstić information content (AvgIpc) is 2.21. The third-order valence-corrected chi connectivity index (χ3v) is 6.21. The zero-order chi connectivity index (χ0) is 16.2. The summed E-state index contributed by atoms with van der Waals surface area (Å²) in [4.78, 5) is 12.6. The summed E-state index contributed by atoms with van der Waals surface area (Å²) in [6.45, 7) is 21.6. The molecule has 0 aliphatic carbocycles. The molecule has 1 heterocycles. The average molecular weight is 283 g/mol. The lowest BCUT2D eigenvalue weighted by molar-refractivity contribution is -0.344. The van der Waals surface area contributed by atoms with E-state index in [0.717, 1.165) is 0 Å². The van der Waals surface area contributed by atoms with Gasteiger partial charge in [-0.05, 0) is 33.1 Å². The summed E-state index contributed by atoms with van der Waals surface area (Å²) in [6.07, 6.45) is 0. The van der Waals surface area contributed by atoms with Crippen LogP contribution in [0.15, 0.2) is 0 Å². The Bertz CT molecular complexity index is 386. The van der Waals surface area contributed by atoms with Crippen molar-refractivity contribution >= 4 is 5.91 Å².